The number of hydrogen-bond acceptors (Lipinski definition) is 5. The molecule has 36 heavy (non-hydrogen) atoms. The van der Waals surface area contributed by atoms with Crippen LogP contribution in [0.2, 0.25) is 0 Å². The number of fused-ring (bicyclic) bond motifs is 1. The zero-order chi connectivity index (χ0) is 25.2. The third kappa shape index (κ3) is 5.18. The van der Waals surface area contributed by atoms with Crippen LogP contribution in [0.25, 0.3) is 0 Å². The van der Waals surface area contributed by atoms with E-state index in [2.05, 4.69) is 59.8 Å². The van der Waals surface area contributed by atoms with E-state index in [0.29, 0.717) is 49.0 Å². The Balaban J connectivity index is 1.18. The van der Waals surface area contributed by atoms with E-state index in [1.807, 2.05) is 18.2 Å². The Morgan fingerprint density at radius 3 is 2.44 bits per heavy atom. The fourth-order valence-corrected chi connectivity index (χ4v) is 5.37. The van der Waals surface area contributed by atoms with Crippen LogP contribution in [0.1, 0.15) is 53.7 Å². The predicted molar refractivity (Wildman–Crippen MR) is 139 cm³/mol. The van der Waals surface area contributed by atoms with Gasteiger partial charge in [-0.15, -0.1) is 0 Å². The summed E-state index contributed by atoms with van der Waals surface area (Å²) in [5.41, 5.74) is 4.60. The van der Waals surface area contributed by atoms with Crippen LogP contribution in [0.15, 0.2) is 54.7 Å². The zero-order valence-electron chi connectivity index (χ0n) is 21.3. The molecule has 0 aromatic heterocycles. The Kier molecular flexibility index (Phi) is 7.12. The van der Waals surface area contributed by atoms with E-state index in [4.69, 9.17) is 4.74 Å². The van der Waals surface area contributed by atoms with Crippen LogP contribution in [-0.2, 0) is 24.5 Å². The normalized spacial score (nSPS) is 21.1. The molecule has 0 aliphatic carbocycles. The van der Waals surface area contributed by atoms with E-state index in [-0.39, 0.29) is 11.8 Å². The third-order valence-corrected chi connectivity index (χ3v) is 7.61. The third-order valence-electron chi connectivity index (χ3n) is 7.61. The highest BCUT2D eigenvalue weighted by atomic mass is 16.5. The molecule has 2 amide bonds. The van der Waals surface area contributed by atoms with Gasteiger partial charge in [-0.1, -0.05) is 36.9 Å². The smallest absolute Gasteiger partial charge is 0.255 e. The molecule has 7 heteroatoms. The van der Waals surface area contributed by atoms with Crippen molar-refractivity contribution in [2.75, 3.05) is 26.2 Å². The fraction of sp³-hybridized carbons (Fsp3) is 0.448. The number of hydrogen-bond donors (Lipinski definition) is 1. The van der Waals surface area contributed by atoms with Crippen molar-refractivity contribution in [2.24, 2.45) is 0 Å². The standard InChI is InChI=1S/C29H36N4O3/c1-20(2)32-15-13-31(14-16-32)17-22-8-10-23(11-9-22)19-36-27-6-4-5-24-25(27)18-33(29(24)35)26-12-7-21(3)30-28(26)34/h4-6,8-11,20,26H,3,7,12-19H2,1-2H3,(H,30,34). The number of rotatable bonds is 7. The van der Waals surface area contributed by atoms with E-state index in [9.17, 15) is 9.59 Å². The fourth-order valence-electron chi connectivity index (χ4n) is 5.37. The number of benzene rings is 2. The number of carbonyl (C=O) groups excluding carboxylic acids is 2. The maximum Gasteiger partial charge on any atom is 0.255 e. The highest BCUT2D eigenvalue weighted by Crippen LogP contribution is 2.34. The van der Waals surface area contributed by atoms with Gasteiger partial charge < -0.3 is 15.0 Å². The maximum atomic E-state index is 13.1. The Hall–Kier alpha value is -3.16. The molecule has 0 spiro atoms. The van der Waals surface area contributed by atoms with Crippen molar-refractivity contribution in [3.8, 4) is 5.75 Å². The van der Waals surface area contributed by atoms with Gasteiger partial charge in [0.25, 0.3) is 5.91 Å². The average Bonchev–Trinajstić information content (AvgIpc) is 3.21. The van der Waals surface area contributed by atoms with E-state index in [0.717, 1.165) is 43.9 Å². The lowest BCUT2D eigenvalue weighted by Crippen LogP contribution is -2.49. The van der Waals surface area contributed by atoms with Gasteiger partial charge in [-0.2, -0.15) is 0 Å². The topological polar surface area (TPSA) is 65.1 Å². The lowest BCUT2D eigenvalue weighted by molar-refractivity contribution is -0.126. The van der Waals surface area contributed by atoms with E-state index in [1.54, 1.807) is 4.90 Å². The molecule has 0 saturated carbocycles. The van der Waals surface area contributed by atoms with Crippen LogP contribution in [0.3, 0.4) is 0 Å². The molecule has 1 N–H and O–H groups in total. The summed E-state index contributed by atoms with van der Waals surface area (Å²) in [7, 11) is 0. The predicted octanol–water partition coefficient (Wildman–Crippen LogP) is 3.54. The first-order valence-electron chi connectivity index (χ1n) is 13.0. The van der Waals surface area contributed by atoms with E-state index >= 15 is 0 Å². The monoisotopic (exact) mass is 488 g/mol. The van der Waals surface area contributed by atoms with Crippen molar-refractivity contribution < 1.29 is 14.3 Å². The molecule has 3 aliphatic rings. The quantitative estimate of drug-likeness (QED) is 0.646. The summed E-state index contributed by atoms with van der Waals surface area (Å²) in [6.07, 6.45) is 1.28. The van der Waals surface area contributed by atoms with Crippen LogP contribution < -0.4 is 10.1 Å². The summed E-state index contributed by atoms with van der Waals surface area (Å²) in [5, 5.41) is 2.79. The van der Waals surface area contributed by atoms with E-state index in [1.165, 1.54) is 5.56 Å². The maximum absolute atomic E-state index is 13.1. The Bertz CT molecular complexity index is 1140. The van der Waals surface area contributed by atoms with Crippen molar-refractivity contribution in [1.82, 2.24) is 20.0 Å². The van der Waals surface area contributed by atoms with Crippen LogP contribution in [0.4, 0.5) is 0 Å². The van der Waals surface area contributed by atoms with Gasteiger partial charge >= 0.3 is 0 Å². The number of amides is 2. The molecule has 5 rings (SSSR count). The largest absolute Gasteiger partial charge is 0.489 e. The van der Waals surface area contributed by atoms with Crippen molar-refractivity contribution in [2.45, 2.75) is 58.5 Å². The van der Waals surface area contributed by atoms with Gasteiger partial charge in [0.2, 0.25) is 5.91 Å². The molecule has 1 atom stereocenters. The molecule has 0 bridgehead atoms. The first kappa shape index (κ1) is 24.5. The van der Waals surface area contributed by atoms with Gasteiger partial charge in [0.15, 0.2) is 0 Å². The highest BCUT2D eigenvalue weighted by Gasteiger charge is 2.39. The van der Waals surface area contributed by atoms with Gasteiger partial charge in [-0.05, 0) is 49.9 Å². The SMILES string of the molecule is C=C1CCC(N2Cc3c(OCc4ccc(CN5CCN(C(C)C)CC5)cc4)cccc3C2=O)C(=O)N1. The first-order chi connectivity index (χ1) is 17.4. The van der Waals surface area contributed by atoms with Crippen LogP contribution in [-0.4, -0.2) is 64.8 Å². The second-order valence-corrected chi connectivity index (χ2v) is 10.4. The molecule has 2 aromatic carbocycles. The minimum absolute atomic E-state index is 0.110. The zero-order valence-corrected chi connectivity index (χ0v) is 21.3. The van der Waals surface area contributed by atoms with Crippen LogP contribution >= 0.6 is 0 Å². The van der Waals surface area contributed by atoms with Crippen molar-refractivity contribution in [3.63, 3.8) is 0 Å². The van der Waals surface area contributed by atoms with Crippen molar-refractivity contribution in [3.05, 3.63) is 77.0 Å². The Morgan fingerprint density at radius 1 is 1.03 bits per heavy atom. The summed E-state index contributed by atoms with van der Waals surface area (Å²) < 4.78 is 6.18. The molecule has 3 aliphatic heterocycles. The molecular formula is C29H36N4O3. The molecule has 0 radical (unpaired) electrons. The Labute approximate surface area is 213 Å². The lowest BCUT2D eigenvalue weighted by Gasteiger charge is -2.36. The first-order valence-corrected chi connectivity index (χ1v) is 13.0. The second kappa shape index (κ2) is 10.4. The highest BCUT2D eigenvalue weighted by molar-refractivity contribution is 6.02. The van der Waals surface area contributed by atoms with Gasteiger partial charge in [0.1, 0.15) is 18.4 Å². The van der Waals surface area contributed by atoms with Gasteiger partial charge in [0.05, 0.1) is 6.54 Å². The minimum atomic E-state index is -0.468. The average molecular weight is 489 g/mol. The lowest BCUT2D eigenvalue weighted by atomic mass is 10.0. The van der Waals surface area contributed by atoms with Crippen molar-refractivity contribution >= 4 is 11.8 Å². The number of carbonyl (C=O) groups is 2. The summed E-state index contributed by atoms with van der Waals surface area (Å²) >= 11 is 0. The molecule has 7 nitrogen and oxygen atoms in total. The van der Waals surface area contributed by atoms with Crippen LogP contribution in [0.5, 0.6) is 5.75 Å². The number of nitrogens with zero attached hydrogens (tertiary/aromatic N) is 3. The number of allylic oxidation sites excluding steroid dienone is 1. The van der Waals surface area contributed by atoms with Crippen LogP contribution in [0, 0.1) is 0 Å². The second-order valence-electron chi connectivity index (χ2n) is 10.4. The Morgan fingerprint density at radius 2 is 1.75 bits per heavy atom. The number of piperazine rings is 1. The summed E-state index contributed by atoms with van der Waals surface area (Å²) in [5.74, 6) is 0.439. The summed E-state index contributed by atoms with van der Waals surface area (Å²) in [6.45, 7) is 14.6. The van der Waals surface area contributed by atoms with Crippen molar-refractivity contribution in [1.29, 1.82) is 0 Å². The number of piperidine rings is 1. The van der Waals surface area contributed by atoms with E-state index < -0.39 is 6.04 Å². The molecule has 1 unspecified atom stereocenters. The number of nitrogens with one attached hydrogen (secondary N) is 1. The summed E-state index contributed by atoms with van der Waals surface area (Å²) in [6, 6.07) is 14.3. The molecule has 2 fully saturated rings. The van der Waals surface area contributed by atoms with Gasteiger partial charge in [-0.25, -0.2) is 0 Å². The summed E-state index contributed by atoms with van der Waals surface area (Å²) in [4.78, 5) is 32.3. The number of ether oxygens (including phenoxy) is 1. The molecule has 2 saturated heterocycles. The molecule has 3 heterocycles. The molecule has 2 aromatic rings. The minimum Gasteiger partial charge on any atom is -0.489 e. The molecular weight excluding hydrogens is 452 g/mol. The van der Waals surface area contributed by atoms with Gasteiger partial charge in [-0.3, -0.25) is 19.4 Å². The van der Waals surface area contributed by atoms with Gasteiger partial charge in [0, 0.05) is 55.6 Å². The molecule has 190 valence electrons.